The highest BCUT2D eigenvalue weighted by Gasteiger charge is 2.02. The van der Waals surface area contributed by atoms with Crippen molar-refractivity contribution in [2.75, 3.05) is 5.73 Å². The van der Waals surface area contributed by atoms with Gasteiger partial charge in [0.05, 0.1) is 18.2 Å². The number of nitrogens with zero attached hydrogens (tertiary/aromatic N) is 4. The van der Waals surface area contributed by atoms with Crippen LogP contribution in [0.1, 0.15) is 11.1 Å². The van der Waals surface area contributed by atoms with E-state index in [2.05, 4.69) is 16.2 Å². The van der Waals surface area contributed by atoms with Crippen LogP contribution in [0, 0.1) is 11.3 Å². The van der Waals surface area contributed by atoms with Crippen molar-refractivity contribution in [3.05, 3.63) is 41.7 Å². The summed E-state index contributed by atoms with van der Waals surface area (Å²) in [6.45, 7) is 0.508. The first-order valence-corrected chi connectivity index (χ1v) is 4.42. The van der Waals surface area contributed by atoms with Crippen LogP contribution in [0.5, 0.6) is 0 Å². The summed E-state index contributed by atoms with van der Waals surface area (Å²) in [7, 11) is 0. The van der Waals surface area contributed by atoms with Crippen molar-refractivity contribution in [3.63, 3.8) is 0 Å². The molecule has 0 bridgehead atoms. The number of nitrogens with two attached hydrogens (primary N) is 1. The van der Waals surface area contributed by atoms with Crippen LogP contribution >= 0.6 is 0 Å². The lowest BCUT2D eigenvalue weighted by Crippen LogP contribution is -2.02. The van der Waals surface area contributed by atoms with Crippen LogP contribution in [0.25, 0.3) is 0 Å². The van der Waals surface area contributed by atoms with Crippen LogP contribution in [0.2, 0.25) is 0 Å². The van der Waals surface area contributed by atoms with Gasteiger partial charge in [-0.15, -0.1) is 5.10 Å². The molecule has 1 aromatic heterocycles. The van der Waals surface area contributed by atoms with Gasteiger partial charge in [-0.25, -0.2) is 9.67 Å². The Morgan fingerprint density at radius 1 is 1.40 bits per heavy atom. The minimum Gasteiger partial charge on any atom is -0.367 e. The van der Waals surface area contributed by atoms with Crippen molar-refractivity contribution in [1.82, 2.24) is 14.8 Å². The Balaban J connectivity index is 2.28. The van der Waals surface area contributed by atoms with Gasteiger partial charge in [-0.05, 0) is 11.6 Å². The molecule has 0 aliphatic rings. The van der Waals surface area contributed by atoms with Crippen LogP contribution in [0.4, 0.5) is 5.95 Å². The Bertz CT molecular complexity index is 509. The van der Waals surface area contributed by atoms with E-state index in [4.69, 9.17) is 11.0 Å². The summed E-state index contributed by atoms with van der Waals surface area (Å²) in [5.74, 6) is 0.240. The van der Waals surface area contributed by atoms with E-state index in [1.54, 1.807) is 17.1 Å². The third-order valence-electron chi connectivity index (χ3n) is 2.02. The maximum Gasteiger partial charge on any atom is 0.239 e. The molecular weight excluding hydrogens is 190 g/mol. The molecule has 0 unspecified atom stereocenters. The minimum atomic E-state index is 0.240. The number of nitriles is 1. The SMILES string of the molecule is N#Cc1ccccc1Cn1cnc(N)n1. The number of hydrogen-bond donors (Lipinski definition) is 1. The molecule has 0 radical (unpaired) electrons. The van der Waals surface area contributed by atoms with Gasteiger partial charge in [-0.2, -0.15) is 5.26 Å². The Morgan fingerprint density at radius 3 is 2.87 bits per heavy atom. The van der Waals surface area contributed by atoms with Gasteiger partial charge in [0, 0.05) is 0 Å². The average Bonchev–Trinajstić information content (AvgIpc) is 2.65. The second-order valence-corrected chi connectivity index (χ2v) is 3.07. The zero-order chi connectivity index (χ0) is 10.7. The molecule has 0 saturated heterocycles. The molecule has 2 N–H and O–H groups in total. The highest BCUT2D eigenvalue weighted by atomic mass is 15.4. The molecular formula is C10H9N5. The smallest absolute Gasteiger partial charge is 0.239 e. The van der Waals surface area contributed by atoms with Crippen molar-refractivity contribution in [2.45, 2.75) is 6.54 Å². The Kier molecular flexibility index (Phi) is 2.33. The molecule has 0 amide bonds. The van der Waals surface area contributed by atoms with E-state index in [-0.39, 0.29) is 5.95 Å². The zero-order valence-corrected chi connectivity index (χ0v) is 7.96. The number of aromatic nitrogens is 3. The molecule has 74 valence electrons. The topological polar surface area (TPSA) is 80.5 Å². The molecule has 15 heavy (non-hydrogen) atoms. The number of nitrogen functional groups attached to an aromatic ring is 1. The molecule has 0 atom stereocenters. The first-order valence-electron chi connectivity index (χ1n) is 4.42. The molecule has 0 saturated carbocycles. The second kappa shape index (κ2) is 3.80. The van der Waals surface area contributed by atoms with Crippen molar-refractivity contribution < 1.29 is 0 Å². The fourth-order valence-electron chi connectivity index (χ4n) is 1.33. The lowest BCUT2D eigenvalue weighted by molar-refractivity contribution is 0.686. The standard InChI is InChI=1S/C10H9N5/c11-5-8-3-1-2-4-9(8)6-15-7-13-10(12)14-15/h1-4,7H,6H2,(H2,12,14). The van der Waals surface area contributed by atoms with E-state index in [1.165, 1.54) is 0 Å². The van der Waals surface area contributed by atoms with Crippen LogP contribution in [-0.4, -0.2) is 14.8 Å². The number of anilines is 1. The molecule has 1 aromatic carbocycles. The predicted molar refractivity (Wildman–Crippen MR) is 54.7 cm³/mol. The number of hydrogen-bond acceptors (Lipinski definition) is 4. The van der Waals surface area contributed by atoms with E-state index in [0.29, 0.717) is 12.1 Å². The summed E-state index contributed by atoms with van der Waals surface area (Å²) in [6, 6.07) is 9.51. The van der Waals surface area contributed by atoms with E-state index < -0.39 is 0 Å². The second-order valence-electron chi connectivity index (χ2n) is 3.07. The lowest BCUT2D eigenvalue weighted by atomic mass is 10.1. The zero-order valence-electron chi connectivity index (χ0n) is 7.96. The molecule has 2 rings (SSSR count). The molecule has 5 nitrogen and oxygen atoms in total. The monoisotopic (exact) mass is 199 g/mol. The van der Waals surface area contributed by atoms with E-state index >= 15 is 0 Å². The third-order valence-corrected chi connectivity index (χ3v) is 2.02. The van der Waals surface area contributed by atoms with E-state index in [9.17, 15) is 0 Å². The summed E-state index contributed by atoms with van der Waals surface area (Å²) in [4.78, 5) is 3.82. The van der Waals surface area contributed by atoms with E-state index in [1.807, 2.05) is 18.2 Å². The first-order chi connectivity index (χ1) is 7.29. The van der Waals surface area contributed by atoms with Gasteiger partial charge in [0.1, 0.15) is 6.33 Å². The molecule has 0 aliphatic heterocycles. The molecule has 0 fully saturated rings. The molecule has 1 heterocycles. The summed E-state index contributed by atoms with van der Waals surface area (Å²) in [5.41, 5.74) is 6.95. The summed E-state index contributed by atoms with van der Waals surface area (Å²) in [6.07, 6.45) is 1.55. The van der Waals surface area contributed by atoms with Gasteiger partial charge in [-0.3, -0.25) is 0 Å². The van der Waals surface area contributed by atoms with Crippen LogP contribution in [-0.2, 0) is 6.54 Å². The van der Waals surface area contributed by atoms with E-state index in [0.717, 1.165) is 5.56 Å². The third kappa shape index (κ3) is 1.94. The van der Waals surface area contributed by atoms with Gasteiger partial charge in [0.25, 0.3) is 0 Å². The fraction of sp³-hybridized carbons (Fsp3) is 0.100. The molecule has 0 aliphatic carbocycles. The Hall–Kier alpha value is -2.35. The van der Waals surface area contributed by atoms with Crippen molar-refractivity contribution >= 4 is 5.95 Å². The number of benzene rings is 1. The van der Waals surface area contributed by atoms with Crippen LogP contribution in [0.15, 0.2) is 30.6 Å². The maximum absolute atomic E-state index is 8.88. The quantitative estimate of drug-likeness (QED) is 0.775. The minimum absolute atomic E-state index is 0.240. The largest absolute Gasteiger partial charge is 0.367 e. The average molecular weight is 199 g/mol. The molecule has 5 heteroatoms. The van der Waals surface area contributed by atoms with Crippen molar-refractivity contribution in [2.24, 2.45) is 0 Å². The number of rotatable bonds is 2. The van der Waals surface area contributed by atoms with Crippen molar-refractivity contribution in [3.8, 4) is 6.07 Å². The van der Waals surface area contributed by atoms with Crippen molar-refractivity contribution in [1.29, 1.82) is 5.26 Å². The lowest BCUT2D eigenvalue weighted by Gasteiger charge is -2.02. The van der Waals surface area contributed by atoms with Crippen LogP contribution in [0.3, 0.4) is 0 Å². The van der Waals surface area contributed by atoms with Gasteiger partial charge in [-0.1, -0.05) is 18.2 Å². The summed E-state index contributed by atoms with van der Waals surface area (Å²) < 4.78 is 1.60. The molecule has 0 spiro atoms. The Morgan fingerprint density at radius 2 is 2.20 bits per heavy atom. The van der Waals surface area contributed by atoms with Gasteiger partial charge < -0.3 is 5.73 Å². The fourth-order valence-corrected chi connectivity index (χ4v) is 1.33. The highest BCUT2D eigenvalue weighted by molar-refractivity contribution is 5.37. The summed E-state index contributed by atoms with van der Waals surface area (Å²) >= 11 is 0. The molecule has 2 aromatic rings. The normalized spacial score (nSPS) is 9.80. The van der Waals surface area contributed by atoms with Crippen LogP contribution < -0.4 is 5.73 Å². The maximum atomic E-state index is 8.88. The Labute approximate surface area is 86.8 Å². The summed E-state index contributed by atoms with van der Waals surface area (Å²) in [5, 5.41) is 12.8. The first kappa shape index (κ1) is 9.21. The van der Waals surface area contributed by atoms with Gasteiger partial charge in [0.15, 0.2) is 0 Å². The highest BCUT2D eigenvalue weighted by Crippen LogP contribution is 2.08. The van der Waals surface area contributed by atoms with Gasteiger partial charge in [0.2, 0.25) is 5.95 Å². The predicted octanol–water partition coefficient (Wildman–Crippen LogP) is 0.780. The van der Waals surface area contributed by atoms with Gasteiger partial charge >= 0.3 is 0 Å².